The highest BCUT2D eigenvalue weighted by Gasteiger charge is 2.30. The number of rotatable bonds is 5. The van der Waals surface area contributed by atoms with E-state index in [9.17, 15) is 9.59 Å². The quantitative estimate of drug-likeness (QED) is 0.815. The zero-order valence-corrected chi connectivity index (χ0v) is 15.4. The van der Waals surface area contributed by atoms with Gasteiger partial charge in [0.1, 0.15) is 0 Å². The van der Waals surface area contributed by atoms with Gasteiger partial charge in [-0.3, -0.25) is 9.59 Å². The standard InChI is InChI=1S/C16H20BrNO6/c1-22-11-8-10(12(17)14(24-3)13(11)23-2)15(19)18-6-4-9(5-7-18)16(20)21/h8-9H,4-7H2,1-3H3,(H,20,21). The molecule has 1 aromatic carbocycles. The number of carboxylic acid groups (broad SMARTS) is 1. The predicted octanol–water partition coefficient (Wildman–Crippen LogP) is 2.41. The van der Waals surface area contributed by atoms with Crippen molar-refractivity contribution < 1.29 is 28.9 Å². The summed E-state index contributed by atoms with van der Waals surface area (Å²) in [7, 11) is 4.46. The summed E-state index contributed by atoms with van der Waals surface area (Å²) in [5, 5.41) is 9.06. The number of amides is 1. The molecular formula is C16H20BrNO6. The number of halogens is 1. The van der Waals surface area contributed by atoms with Crippen molar-refractivity contribution in [2.45, 2.75) is 12.8 Å². The van der Waals surface area contributed by atoms with Gasteiger partial charge in [0, 0.05) is 13.1 Å². The monoisotopic (exact) mass is 401 g/mol. The van der Waals surface area contributed by atoms with Crippen LogP contribution in [0.4, 0.5) is 0 Å². The number of hydrogen-bond donors (Lipinski definition) is 1. The normalized spacial score (nSPS) is 15.1. The molecule has 8 heteroatoms. The van der Waals surface area contributed by atoms with Crippen LogP contribution in [-0.4, -0.2) is 56.3 Å². The van der Waals surface area contributed by atoms with Gasteiger partial charge in [0.2, 0.25) is 5.75 Å². The van der Waals surface area contributed by atoms with E-state index in [0.29, 0.717) is 53.2 Å². The summed E-state index contributed by atoms with van der Waals surface area (Å²) in [6.07, 6.45) is 0.895. The van der Waals surface area contributed by atoms with Gasteiger partial charge in [-0.2, -0.15) is 0 Å². The van der Waals surface area contributed by atoms with E-state index in [1.165, 1.54) is 21.3 Å². The SMILES string of the molecule is COc1cc(C(=O)N2CCC(C(=O)O)CC2)c(Br)c(OC)c1OC. The fourth-order valence-electron chi connectivity index (χ4n) is 2.78. The maximum Gasteiger partial charge on any atom is 0.306 e. The number of methoxy groups -OCH3 is 3. The van der Waals surface area contributed by atoms with Gasteiger partial charge in [0.25, 0.3) is 5.91 Å². The van der Waals surface area contributed by atoms with Crippen molar-refractivity contribution in [3.8, 4) is 17.2 Å². The molecule has 2 rings (SSSR count). The molecule has 1 amide bonds. The van der Waals surface area contributed by atoms with Crippen LogP contribution in [0.25, 0.3) is 0 Å². The molecule has 1 N–H and O–H groups in total. The van der Waals surface area contributed by atoms with Crippen molar-refractivity contribution in [2.75, 3.05) is 34.4 Å². The van der Waals surface area contributed by atoms with Crippen LogP contribution in [0.5, 0.6) is 17.2 Å². The third-order valence-electron chi connectivity index (χ3n) is 4.13. The number of piperidine rings is 1. The summed E-state index contributed by atoms with van der Waals surface area (Å²) in [5.74, 6) is -0.242. The van der Waals surface area contributed by atoms with Crippen LogP contribution in [0, 0.1) is 5.92 Å². The molecule has 0 aromatic heterocycles. The molecule has 0 unspecified atom stereocenters. The Kier molecular flexibility index (Phi) is 5.93. The Morgan fingerprint density at radius 3 is 2.17 bits per heavy atom. The van der Waals surface area contributed by atoms with E-state index < -0.39 is 11.9 Å². The first kappa shape index (κ1) is 18.4. The highest BCUT2D eigenvalue weighted by molar-refractivity contribution is 9.10. The van der Waals surface area contributed by atoms with Gasteiger partial charge < -0.3 is 24.2 Å². The second-order valence-corrected chi connectivity index (χ2v) is 6.20. The third kappa shape index (κ3) is 3.43. The van der Waals surface area contributed by atoms with Gasteiger partial charge >= 0.3 is 5.97 Å². The van der Waals surface area contributed by atoms with E-state index in [1.54, 1.807) is 11.0 Å². The van der Waals surface area contributed by atoms with Crippen molar-refractivity contribution >= 4 is 27.8 Å². The first-order valence-electron chi connectivity index (χ1n) is 7.45. The summed E-state index contributed by atoms with van der Waals surface area (Å²) < 4.78 is 16.4. The molecule has 1 aliphatic heterocycles. The average molecular weight is 402 g/mol. The van der Waals surface area contributed by atoms with Crippen LogP contribution >= 0.6 is 15.9 Å². The smallest absolute Gasteiger partial charge is 0.306 e. The lowest BCUT2D eigenvalue weighted by Crippen LogP contribution is -2.40. The molecule has 1 aliphatic rings. The van der Waals surface area contributed by atoms with Crippen LogP contribution in [0.15, 0.2) is 10.5 Å². The van der Waals surface area contributed by atoms with E-state index in [-0.39, 0.29) is 5.91 Å². The number of nitrogens with zero attached hydrogens (tertiary/aromatic N) is 1. The summed E-state index contributed by atoms with van der Waals surface area (Å²) in [6, 6.07) is 1.59. The molecule has 0 spiro atoms. The molecule has 0 bridgehead atoms. The topological polar surface area (TPSA) is 85.3 Å². The molecule has 0 atom stereocenters. The zero-order valence-electron chi connectivity index (χ0n) is 13.8. The van der Waals surface area contributed by atoms with E-state index >= 15 is 0 Å². The Balaban J connectivity index is 2.31. The number of likely N-dealkylation sites (tertiary alicyclic amines) is 1. The number of carboxylic acids is 1. The Hall–Kier alpha value is -1.96. The Morgan fingerprint density at radius 2 is 1.71 bits per heavy atom. The van der Waals surface area contributed by atoms with Crippen LogP contribution in [0.3, 0.4) is 0 Å². The molecule has 132 valence electrons. The van der Waals surface area contributed by atoms with Crippen LogP contribution < -0.4 is 14.2 Å². The Bertz CT molecular complexity index is 640. The molecule has 1 aromatic rings. The molecule has 1 fully saturated rings. The largest absolute Gasteiger partial charge is 0.493 e. The number of aliphatic carboxylic acids is 1. The van der Waals surface area contributed by atoms with Crippen molar-refractivity contribution in [2.24, 2.45) is 5.92 Å². The van der Waals surface area contributed by atoms with Gasteiger partial charge in [0.05, 0.1) is 37.3 Å². The molecule has 0 saturated carbocycles. The number of hydrogen-bond acceptors (Lipinski definition) is 5. The molecule has 7 nitrogen and oxygen atoms in total. The van der Waals surface area contributed by atoms with Crippen molar-refractivity contribution in [3.05, 3.63) is 16.1 Å². The Labute approximate surface area is 148 Å². The number of carbonyl (C=O) groups excluding carboxylic acids is 1. The number of carbonyl (C=O) groups is 2. The van der Waals surface area contributed by atoms with E-state index in [2.05, 4.69) is 15.9 Å². The van der Waals surface area contributed by atoms with Crippen molar-refractivity contribution in [3.63, 3.8) is 0 Å². The minimum Gasteiger partial charge on any atom is -0.493 e. The fourth-order valence-corrected chi connectivity index (χ4v) is 3.40. The lowest BCUT2D eigenvalue weighted by Gasteiger charge is -2.30. The van der Waals surface area contributed by atoms with E-state index in [1.807, 2.05) is 0 Å². The highest BCUT2D eigenvalue weighted by atomic mass is 79.9. The van der Waals surface area contributed by atoms with Gasteiger partial charge in [-0.05, 0) is 34.8 Å². The predicted molar refractivity (Wildman–Crippen MR) is 90.1 cm³/mol. The summed E-state index contributed by atoms with van der Waals surface area (Å²) in [6.45, 7) is 0.803. The van der Waals surface area contributed by atoms with Crippen LogP contribution in [0.1, 0.15) is 23.2 Å². The lowest BCUT2D eigenvalue weighted by molar-refractivity contribution is -0.143. The summed E-state index contributed by atoms with van der Waals surface area (Å²) >= 11 is 3.40. The minimum absolute atomic E-state index is 0.204. The van der Waals surface area contributed by atoms with Crippen molar-refractivity contribution in [1.29, 1.82) is 0 Å². The maximum absolute atomic E-state index is 12.8. The van der Waals surface area contributed by atoms with Gasteiger partial charge in [0.15, 0.2) is 11.5 Å². The fraction of sp³-hybridized carbons (Fsp3) is 0.500. The molecule has 24 heavy (non-hydrogen) atoms. The Morgan fingerprint density at radius 1 is 1.12 bits per heavy atom. The highest BCUT2D eigenvalue weighted by Crippen LogP contribution is 2.45. The molecule has 0 radical (unpaired) electrons. The van der Waals surface area contributed by atoms with E-state index in [4.69, 9.17) is 19.3 Å². The molecule has 1 saturated heterocycles. The minimum atomic E-state index is -0.809. The third-order valence-corrected chi connectivity index (χ3v) is 4.92. The van der Waals surface area contributed by atoms with Crippen molar-refractivity contribution in [1.82, 2.24) is 4.90 Å². The maximum atomic E-state index is 12.8. The molecule has 0 aliphatic carbocycles. The van der Waals surface area contributed by atoms with Gasteiger partial charge in [-0.15, -0.1) is 0 Å². The first-order valence-corrected chi connectivity index (χ1v) is 8.24. The van der Waals surface area contributed by atoms with Crippen LogP contribution in [0.2, 0.25) is 0 Å². The second kappa shape index (κ2) is 7.74. The van der Waals surface area contributed by atoms with E-state index in [0.717, 1.165) is 0 Å². The van der Waals surface area contributed by atoms with Crippen LogP contribution in [-0.2, 0) is 4.79 Å². The van der Waals surface area contributed by atoms with Gasteiger partial charge in [-0.25, -0.2) is 0 Å². The number of ether oxygens (including phenoxy) is 3. The molecule has 1 heterocycles. The first-order chi connectivity index (χ1) is 11.4. The average Bonchev–Trinajstić information content (AvgIpc) is 2.60. The summed E-state index contributed by atoms with van der Waals surface area (Å²) in [4.78, 5) is 25.5. The second-order valence-electron chi connectivity index (χ2n) is 5.41. The molecular weight excluding hydrogens is 382 g/mol. The summed E-state index contributed by atoms with van der Waals surface area (Å²) in [5.41, 5.74) is 0.387. The number of benzene rings is 1. The zero-order chi connectivity index (χ0) is 17.9. The lowest BCUT2D eigenvalue weighted by atomic mass is 9.96. The van der Waals surface area contributed by atoms with Gasteiger partial charge in [-0.1, -0.05) is 0 Å².